The summed E-state index contributed by atoms with van der Waals surface area (Å²) in [7, 11) is 0. The Kier molecular flexibility index (Phi) is 8.60. The molecule has 1 atom stereocenters. The number of amides is 3. The third-order valence-electron chi connectivity index (χ3n) is 6.32. The normalized spacial score (nSPS) is 14.7. The van der Waals surface area contributed by atoms with E-state index in [0.29, 0.717) is 22.9 Å². The molecule has 3 amide bonds. The molecule has 0 radical (unpaired) electrons. The molecule has 202 valence electrons. The second kappa shape index (κ2) is 12.3. The molecule has 1 aliphatic heterocycles. The highest BCUT2D eigenvalue weighted by atomic mass is 16.5. The minimum absolute atomic E-state index is 0.0233. The average molecular weight is 530 g/mol. The summed E-state index contributed by atoms with van der Waals surface area (Å²) in [5.41, 5.74) is 7.67. The van der Waals surface area contributed by atoms with Crippen LogP contribution >= 0.6 is 0 Å². The second-order valence-corrected chi connectivity index (χ2v) is 9.67. The molecule has 1 saturated heterocycles. The zero-order valence-electron chi connectivity index (χ0n) is 22.1. The van der Waals surface area contributed by atoms with Gasteiger partial charge in [-0.1, -0.05) is 44.2 Å². The fourth-order valence-electron chi connectivity index (χ4n) is 4.22. The van der Waals surface area contributed by atoms with Crippen LogP contribution in [0.15, 0.2) is 72.8 Å². The van der Waals surface area contributed by atoms with Gasteiger partial charge in [-0.2, -0.15) is 0 Å². The minimum atomic E-state index is -0.707. The Bertz CT molecular complexity index is 1350. The molecule has 0 saturated carbocycles. The van der Waals surface area contributed by atoms with Gasteiger partial charge in [0.1, 0.15) is 11.5 Å². The first-order chi connectivity index (χ1) is 18.7. The summed E-state index contributed by atoms with van der Waals surface area (Å²) in [6.45, 7) is 5.78. The molecule has 1 aliphatic rings. The molecule has 1 fully saturated rings. The van der Waals surface area contributed by atoms with Crippen molar-refractivity contribution in [3.63, 3.8) is 0 Å². The van der Waals surface area contributed by atoms with Crippen molar-refractivity contribution < 1.29 is 28.7 Å². The van der Waals surface area contributed by atoms with E-state index in [1.54, 1.807) is 54.6 Å². The molecule has 0 aromatic heterocycles. The van der Waals surface area contributed by atoms with Gasteiger partial charge in [0, 0.05) is 24.2 Å². The highest BCUT2D eigenvalue weighted by Gasteiger charge is 2.36. The lowest BCUT2D eigenvalue weighted by Crippen LogP contribution is -2.43. The Labute approximate surface area is 227 Å². The van der Waals surface area contributed by atoms with E-state index in [-0.39, 0.29) is 18.9 Å². The highest BCUT2D eigenvalue weighted by Crippen LogP contribution is 2.33. The Hall–Kier alpha value is -4.66. The largest absolute Gasteiger partial charge is 0.457 e. The van der Waals surface area contributed by atoms with Gasteiger partial charge in [-0.25, -0.2) is 0 Å². The molecule has 9 heteroatoms. The van der Waals surface area contributed by atoms with Crippen molar-refractivity contribution in [3.05, 3.63) is 89.5 Å². The number of hydrogen-bond acceptors (Lipinski definition) is 6. The lowest BCUT2D eigenvalue weighted by atomic mass is 10.0. The van der Waals surface area contributed by atoms with Crippen LogP contribution in [0, 0.1) is 12.8 Å². The van der Waals surface area contributed by atoms with Gasteiger partial charge in [0.15, 0.2) is 6.61 Å². The maximum absolute atomic E-state index is 12.6. The smallest absolute Gasteiger partial charge is 0.311 e. The predicted molar refractivity (Wildman–Crippen MR) is 145 cm³/mol. The first kappa shape index (κ1) is 27.4. The van der Waals surface area contributed by atoms with Gasteiger partial charge < -0.3 is 14.4 Å². The topological polar surface area (TPSA) is 114 Å². The molecule has 0 aliphatic carbocycles. The summed E-state index contributed by atoms with van der Waals surface area (Å²) in [4.78, 5) is 50.6. The van der Waals surface area contributed by atoms with Gasteiger partial charge in [-0.15, -0.1) is 0 Å². The van der Waals surface area contributed by atoms with E-state index in [1.165, 1.54) is 4.90 Å². The van der Waals surface area contributed by atoms with E-state index >= 15 is 0 Å². The van der Waals surface area contributed by atoms with Crippen LogP contribution in [0.2, 0.25) is 0 Å². The molecule has 3 aromatic carbocycles. The molecule has 39 heavy (non-hydrogen) atoms. The standard InChI is InChI=1S/C30H31N3O6/c1-19(2)25-14-9-20(3)15-26(25)39-24-12-10-23(11-13-24)33-17-22(16-28(33)35)30(37)38-18-27(34)31-32-29(36)21-7-5-4-6-8-21/h4-15,19,22H,16-18H2,1-3H3,(H,31,34)(H,32,36)/t22-/m1/s1. The van der Waals surface area contributed by atoms with Crippen LogP contribution in [0.4, 0.5) is 5.69 Å². The number of anilines is 1. The van der Waals surface area contributed by atoms with Gasteiger partial charge in [0.05, 0.1) is 5.92 Å². The third kappa shape index (κ3) is 7.01. The quantitative estimate of drug-likeness (QED) is 0.333. The van der Waals surface area contributed by atoms with Gasteiger partial charge >= 0.3 is 5.97 Å². The number of hydrazine groups is 1. The van der Waals surface area contributed by atoms with Gasteiger partial charge in [0.2, 0.25) is 5.91 Å². The van der Waals surface area contributed by atoms with Gasteiger partial charge in [-0.05, 0) is 66.4 Å². The maximum Gasteiger partial charge on any atom is 0.311 e. The van der Waals surface area contributed by atoms with Crippen molar-refractivity contribution in [3.8, 4) is 11.5 Å². The molecule has 2 N–H and O–H groups in total. The minimum Gasteiger partial charge on any atom is -0.457 e. The van der Waals surface area contributed by atoms with Crippen molar-refractivity contribution in [1.29, 1.82) is 0 Å². The monoisotopic (exact) mass is 529 g/mol. The second-order valence-electron chi connectivity index (χ2n) is 9.67. The van der Waals surface area contributed by atoms with Crippen LogP contribution in [0.5, 0.6) is 11.5 Å². The number of hydrogen-bond donors (Lipinski definition) is 2. The Balaban J connectivity index is 1.28. The molecule has 0 bridgehead atoms. The van der Waals surface area contributed by atoms with Crippen LogP contribution in [-0.2, 0) is 19.1 Å². The molecular formula is C30H31N3O6. The summed E-state index contributed by atoms with van der Waals surface area (Å²) in [5.74, 6) is -1.04. The van der Waals surface area contributed by atoms with Crippen molar-refractivity contribution in [2.45, 2.75) is 33.1 Å². The third-order valence-corrected chi connectivity index (χ3v) is 6.32. The summed E-state index contributed by atoms with van der Waals surface area (Å²) in [6, 6.07) is 21.6. The first-order valence-electron chi connectivity index (χ1n) is 12.7. The predicted octanol–water partition coefficient (Wildman–Crippen LogP) is 4.27. The van der Waals surface area contributed by atoms with Crippen molar-refractivity contribution in [2.24, 2.45) is 5.92 Å². The van der Waals surface area contributed by atoms with Gasteiger partial charge in [-0.3, -0.25) is 30.0 Å². The zero-order chi connectivity index (χ0) is 27.9. The van der Waals surface area contributed by atoms with Crippen LogP contribution in [-0.4, -0.2) is 36.8 Å². The number of benzene rings is 3. The van der Waals surface area contributed by atoms with E-state index in [2.05, 4.69) is 36.8 Å². The number of ether oxygens (including phenoxy) is 2. The van der Waals surface area contributed by atoms with E-state index in [9.17, 15) is 19.2 Å². The van der Waals surface area contributed by atoms with Crippen LogP contribution < -0.4 is 20.5 Å². The molecule has 4 rings (SSSR count). The Morgan fingerprint density at radius 3 is 2.38 bits per heavy atom. The van der Waals surface area contributed by atoms with E-state index in [1.807, 2.05) is 13.0 Å². The molecule has 9 nitrogen and oxygen atoms in total. The number of carbonyl (C=O) groups is 4. The maximum atomic E-state index is 12.6. The summed E-state index contributed by atoms with van der Waals surface area (Å²) >= 11 is 0. The number of nitrogens with zero attached hydrogens (tertiary/aromatic N) is 1. The first-order valence-corrected chi connectivity index (χ1v) is 12.7. The molecular weight excluding hydrogens is 498 g/mol. The van der Waals surface area contributed by atoms with Crippen LogP contribution in [0.1, 0.15) is 47.7 Å². The number of rotatable bonds is 8. The van der Waals surface area contributed by atoms with Crippen LogP contribution in [0.3, 0.4) is 0 Å². The van der Waals surface area contributed by atoms with Gasteiger partial charge in [0.25, 0.3) is 11.8 Å². The number of carbonyl (C=O) groups excluding carboxylic acids is 4. The average Bonchev–Trinajstić information content (AvgIpc) is 3.32. The van der Waals surface area contributed by atoms with E-state index in [0.717, 1.165) is 16.9 Å². The Morgan fingerprint density at radius 1 is 0.974 bits per heavy atom. The fraction of sp³-hybridized carbons (Fsp3) is 0.267. The van der Waals surface area contributed by atoms with Crippen molar-refractivity contribution in [1.82, 2.24) is 10.9 Å². The molecule has 0 unspecified atom stereocenters. The SMILES string of the molecule is Cc1ccc(C(C)C)c(Oc2ccc(N3C[C@H](C(=O)OCC(=O)NNC(=O)c4ccccc4)CC3=O)cc2)c1. The Morgan fingerprint density at radius 2 is 1.69 bits per heavy atom. The van der Waals surface area contributed by atoms with Crippen LogP contribution in [0.25, 0.3) is 0 Å². The lowest BCUT2D eigenvalue weighted by molar-refractivity contribution is -0.152. The van der Waals surface area contributed by atoms with E-state index < -0.39 is 30.3 Å². The number of nitrogens with one attached hydrogen (secondary N) is 2. The highest BCUT2D eigenvalue weighted by molar-refractivity contribution is 6.00. The number of esters is 1. The molecule has 0 spiro atoms. The molecule has 1 heterocycles. The lowest BCUT2D eigenvalue weighted by Gasteiger charge is -2.18. The van der Waals surface area contributed by atoms with E-state index in [4.69, 9.17) is 9.47 Å². The summed E-state index contributed by atoms with van der Waals surface area (Å²) < 4.78 is 11.2. The summed E-state index contributed by atoms with van der Waals surface area (Å²) in [6.07, 6.45) is -0.0233. The fourth-order valence-corrected chi connectivity index (χ4v) is 4.22. The number of aryl methyl sites for hydroxylation is 1. The van der Waals surface area contributed by atoms with Crippen molar-refractivity contribution >= 4 is 29.4 Å². The zero-order valence-corrected chi connectivity index (χ0v) is 22.1. The molecule has 3 aromatic rings. The summed E-state index contributed by atoms with van der Waals surface area (Å²) in [5, 5.41) is 0. The van der Waals surface area contributed by atoms with Crippen molar-refractivity contribution in [2.75, 3.05) is 18.1 Å².